The van der Waals surface area contributed by atoms with Crippen LogP contribution in [-0.4, -0.2) is 22.9 Å². The summed E-state index contributed by atoms with van der Waals surface area (Å²) in [6.45, 7) is 3.10. The Hall–Kier alpha value is -0.830. The van der Waals surface area contributed by atoms with Crippen molar-refractivity contribution in [1.29, 1.82) is 0 Å². The molecule has 0 aliphatic heterocycles. The number of nitrogens with zero attached hydrogens (tertiary/aromatic N) is 2. The molecule has 1 aromatic rings. The fourth-order valence-electron chi connectivity index (χ4n) is 3.23. The molecule has 1 aliphatic rings. The van der Waals surface area contributed by atoms with Gasteiger partial charge in [0.25, 0.3) is 0 Å². The summed E-state index contributed by atoms with van der Waals surface area (Å²) in [6.07, 6.45) is 15.3. The smallest absolute Gasteiger partial charge is 0.0522 e. The number of aryl methyl sites for hydroxylation is 1. The first-order valence-electron chi connectivity index (χ1n) is 8.00. The molecule has 0 radical (unpaired) electrons. The van der Waals surface area contributed by atoms with Crippen molar-refractivity contribution in [2.24, 2.45) is 5.92 Å². The van der Waals surface area contributed by atoms with E-state index in [4.69, 9.17) is 0 Å². The molecule has 0 aromatic carbocycles. The van der Waals surface area contributed by atoms with Crippen LogP contribution in [0.1, 0.15) is 57.4 Å². The van der Waals surface area contributed by atoms with Gasteiger partial charge in [0, 0.05) is 18.8 Å². The predicted molar refractivity (Wildman–Crippen MR) is 80.3 cm³/mol. The highest BCUT2D eigenvalue weighted by molar-refractivity contribution is 5.06. The zero-order chi connectivity index (χ0) is 13.5. The van der Waals surface area contributed by atoms with E-state index in [0.717, 1.165) is 18.9 Å². The number of likely N-dealkylation sites (N-methyl/N-ethyl adjacent to an activating group) is 1. The second-order valence-electron chi connectivity index (χ2n) is 5.98. The fraction of sp³-hybridized carbons (Fsp3) is 0.812. The highest BCUT2D eigenvalue weighted by atomic mass is 15.3. The van der Waals surface area contributed by atoms with Crippen molar-refractivity contribution in [2.75, 3.05) is 7.05 Å². The van der Waals surface area contributed by atoms with Gasteiger partial charge in [-0.1, -0.05) is 32.1 Å². The molecule has 0 amide bonds. The van der Waals surface area contributed by atoms with Crippen molar-refractivity contribution in [2.45, 2.75) is 70.9 Å². The summed E-state index contributed by atoms with van der Waals surface area (Å²) >= 11 is 0. The summed E-state index contributed by atoms with van der Waals surface area (Å²) in [5.74, 6) is 0.989. The first-order chi connectivity index (χ1) is 9.31. The van der Waals surface area contributed by atoms with E-state index in [-0.39, 0.29) is 0 Å². The van der Waals surface area contributed by atoms with E-state index in [1.165, 1.54) is 50.5 Å². The lowest BCUT2D eigenvalue weighted by Crippen LogP contribution is -2.28. The lowest BCUT2D eigenvalue weighted by molar-refractivity contribution is 0.316. The van der Waals surface area contributed by atoms with E-state index in [1.807, 2.05) is 10.9 Å². The van der Waals surface area contributed by atoms with E-state index in [0.29, 0.717) is 6.04 Å². The standard InChI is InChI=1S/C16H29N3/c1-3-19-13-15(12-18-19)11-16(17-2)10-9-14-7-5-4-6-8-14/h12-14,16-17H,3-11H2,1-2H3. The topological polar surface area (TPSA) is 29.9 Å². The third-order valence-corrected chi connectivity index (χ3v) is 4.55. The second-order valence-corrected chi connectivity index (χ2v) is 5.98. The molecule has 3 heteroatoms. The Bertz CT molecular complexity index is 353. The quantitative estimate of drug-likeness (QED) is 0.817. The Morgan fingerprint density at radius 2 is 2.16 bits per heavy atom. The Balaban J connectivity index is 1.75. The molecular formula is C16H29N3. The van der Waals surface area contributed by atoms with Crippen LogP contribution in [0.3, 0.4) is 0 Å². The number of hydrogen-bond acceptors (Lipinski definition) is 2. The van der Waals surface area contributed by atoms with Gasteiger partial charge < -0.3 is 5.32 Å². The lowest BCUT2D eigenvalue weighted by atomic mass is 9.85. The molecule has 1 fully saturated rings. The fourth-order valence-corrected chi connectivity index (χ4v) is 3.23. The Kier molecular flexibility index (Phi) is 5.90. The molecule has 0 saturated heterocycles. The zero-order valence-electron chi connectivity index (χ0n) is 12.6. The largest absolute Gasteiger partial charge is 0.317 e. The summed E-state index contributed by atoms with van der Waals surface area (Å²) in [4.78, 5) is 0. The summed E-state index contributed by atoms with van der Waals surface area (Å²) in [7, 11) is 2.09. The summed E-state index contributed by atoms with van der Waals surface area (Å²) in [5.41, 5.74) is 1.37. The maximum atomic E-state index is 4.36. The highest BCUT2D eigenvalue weighted by Gasteiger charge is 2.16. The lowest BCUT2D eigenvalue weighted by Gasteiger charge is -2.24. The minimum Gasteiger partial charge on any atom is -0.317 e. The van der Waals surface area contributed by atoms with Crippen molar-refractivity contribution in [3.63, 3.8) is 0 Å². The van der Waals surface area contributed by atoms with Crippen LogP contribution in [0.15, 0.2) is 12.4 Å². The van der Waals surface area contributed by atoms with Crippen LogP contribution < -0.4 is 5.32 Å². The Labute approximate surface area is 117 Å². The number of aromatic nitrogens is 2. The van der Waals surface area contributed by atoms with Crippen LogP contribution in [-0.2, 0) is 13.0 Å². The van der Waals surface area contributed by atoms with Gasteiger partial charge in [-0.25, -0.2) is 0 Å². The Morgan fingerprint density at radius 1 is 1.37 bits per heavy atom. The van der Waals surface area contributed by atoms with Gasteiger partial charge in [-0.15, -0.1) is 0 Å². The first kappa shape index (κ1) is 14.6. The summed E-state index contributed by atoms with van der Waals surface area (Å²) in [6, 6.07) is 0.608. The van der Waals surface area contributed by atoms with E-state index in [9.17, 15) is 0 Å². The van der Waals surface area contributed by atoms with Gasteiger partial charge in [0.15, 0.2) is 0 Å². The SMILES string of the molecule is CCn1cc(CC(CCC2CCCCC2)NC)cn1. The van der Waals surface area contributed by atoms with Crippen molar-refractivity contribution in [1.82, 2.24) is 15.1 Å². The third kappa shape index (κ3) is 4.64. The van der Waals surface area contributed by atoms with Crippen LogP contribution in [0.5, 0.6) is 0 Å². The van der Waals surface area contributed by atoms with Gasteiger partial charge in [-0.3, -0.25) is 4.68 Å². The molecule has 1 N–H and O–H groups in total. The summed E-state index contributed by atoms with van der Waals surface area (Å²) in [5, 5.41) is 7.84. The van der Waals surface area contributed by atoms with E-state index in [1.54, 1.807) is 0 Å². The van der Waals surface area contributed by atoms with Crippen molar-refractivity contribution >= 4 is 0 Å². The van der Waals surface area contributed by atoms with Crippen LogP contribution in [0.4, 0.5) is 0 Å². The molecule has 1 heterocycles. The molecule has 1 unspecified atom stereocenters. The Morgan fingerprint density at radius 3 is 2.79 bits per heavy atom. The molecule has 2 rings (SSSR count). The molecule has 1 aromatic heterocycles. The first-order valence-corrected chi connectivity index (χ1v) is 8.00. The van der Waals surface area contributed by atoms with Gasteiger partial charge in [0.2, 0.25) is 0 Å². The van der Waals surface area contributed by atoms with Gasteiger partial charge in [-0.05, 0) is 44.7 Å². The predicted octanol–water partition coefficient (Wildman–Crippen LogP) is 3.39. The minimum absolute atomic E-state index is 0.608. The average Bonchev–Trinajstić information content (AvgIpc) is 2.92. The molecular weight excluding hydrogens is 234 g/mol. The average molecular weight is 263 g/mol. The number of nitrogens with one attached hydrogen (secondary N) is 1. The molecule has 0 spiro atoms. The van der Waals surface area contributed by atoms with Gasteiger partial charge >= 0.3 is 0 Å². The van der Waals surface area contributed by atoms with Crippen LogP contribution >= 0.6 is 0 Å². The molecule has 19 heavy (non-hydrogen) atoms. The number of rotatable bonds is 7. The van der Waals surface area contributed by atoms with Gasteiger partial charge in [0.1, 0.15) is 0 Å². The summed E-state index contributed by atoms with van der Waals surface area (Å²) < 4.78 is 2.02. The monoisotopic (exact) mass is 263 g/mol. The highest BCUT2D eigenvalue weighted by Crippen LogP contribution is 2.28. The molecule has 1 saturated carbocycles. The van der Waals surface area contributed by atoms with Crippen LogP contribution in [0.2, 0.25) is 0 Å². The molecule has 3 nitrogen and oxygen atoms in total. The second kappa shape index (κ2) is 7.68. The maximum Gasteiger partial charge on any atom is 0.0522 e. The molecule has 0 bridgehead atoms. The normalized spacial score (nSPS) is 18.6. The number of hydrogen-bond donors (Lipinski definition) is 1. The minimum atomic E-state index is 0.608. The zero-order valence-corrected chi connectivity index (χ0v) is 12.6. The van der Waals surface area contributed by atoms with Crippen molar-refractivity contribution in [3.8, 4) is 0 Å². The van der Waals surface area contributed by atoms with E-state index < -0.39 is 0 Å². The van der Waals surface area contributed by atoms with Crippen molar-refractivity contribution in [3.05, 3.63) is 18.0 Å². The molecule has 1 aliphatic carbocycles. The molecule has 1 atom stereocenters. The molecule has 108 valence electrons. The van der Waals surface area contributed by atoms with E-state index >= 15 is 0 Å². The third-order valence-electron chi connectivity index (χ3n) is 4.55. The maximum absolute atomic E-state index is 4.36. The van der Waals surface area contributed by atoms with E-state index in [2.05, 4.69) is 30.6 Å². The van der Waals surface area contributed by atoms with Crippen LogP contribution in [0, 0.1) is 5.92 Å². The van der Waals surface area contributed by atoms with Gasteiger partial charge in [0.05, 0.1) is 6.20 Å². The van der Waals surface area contributed by atoms with Gasteiger partial charge in [-0.2, -0.15) is 5.10 Å². The van der Waals surface area contributed by atoms with Crippen LogP contribution in [0.25, 0.3) is 0 Å². The van der Waals surface area contributed by atoms with Crippen molar-refractivity contribution < 1.29 is 0 Å².